The van der Waals surface area contributed by atoms with Crippen molar-refractivity contribution < 1.29 is 4.79 Å². The topological polar surface area (TPSA) is 46.1 Å². The van der Waals surface area contributed by atoms with Crippen molar-refractivity contribution in [1.82, 2.24) is 9.97 Å². The molecular formula is C14H15N3O. The van der Waals surface area contributed by atoms with E-state index in [2.05, 4.69) is 33.9 Å². The lowest BCUT2D eigenvalue weighted by atomic mass is 10.2. The average Bonchev–Trinajstić information content (AvgIpc) is 2.46. The highest BCUT2D eigenvalue weighted by Gasteiger charge is 2.07. The Labute approximate surface area is 106 Å². The molecule has 0 bridgehead atoms. The molecule has 4 heteroatoms. The first-order valence-corrected chi connectivity index (χ1v) is 5.89. The number of carbonyl (C=O) groups excluding carboxylic acids is 1. The van der Waals surface area contributed by atoms with Crippen molar-refractivity contribution in [2.45, 2.75) is 13.5 Å². The number of hydrogen-bond acceptors (Lipinski definition) is 4. The molecule has 1 aromatic heterocycles. The van der Waals surface area contributed by atoms with Crippen LogP contribution in [0.1, 0.15) is 22.8 Å². The molecule has 1 aromatic carbocycles. The Morgan fingerprint density at radius 3 is 2.39 bits per heavy atom. The summed E-state index contributed by atoms with van der Waals surface area (Å²) < 4.78 is 0. The van der Waals surface area contributed by atoms with E-state index in [9.17, 15) is 4.79 Å². The van der Waals surface area contributed by atoms with Gasteiger partial charge in [0.15, 0.2) is 6.29 Å². The minimum atomic E-state index is 0.495. The van der Waals surface area contributed by atoms with Gasteiger partial charge in [-0.2, -0.15) is 0 Å². The molecule has 4 nitrogen and oxygen atoms in total. The third-order valence-corrected chi connectivity index (χ3v) is 2.68. The highest BCUT2D eigenvalue weighted by Crippen LogP contribution is 2.11. The number of hydrogen-bond donors (Lipinski definition) is 0. The molecule has 0 aliphatic heterocycles. The molecule has 1 heterocycles. The third kappa shape index (κ3) is 2.91. The normalized spacial score (nSPS) is 10.1. The Bertz CT molecular complexity index is 496. The Morgan fingerprint density at radius 1 is 1.17 bits per heavy atom. The molecule has 0 saturated heterocycles. The minimum Gasteiger partial charge on any atom is -0.337 e. The summed E-state index contributed by atoms with van der Waals surface area (Å²) in [6.07, 6.45) is 3.84. The van der Waals surface area contributed by atoms with Crippen LogP contribution < -0.4 is 4.90 Å². The maximum Gasteiger partial charge on any atom is 0.225 e. The summed E-state index contributed by atoms with van der Waals surface area (Å²) in [6.45, 7) is 3.63. The second-order valence-electron chi connectivity index (χ2n) is 3.93. The average molecular weight is 241 g/mol. The highest BCUT2D eigenvalue weighted by atomic mass is 16.1. The summed E-state index contributed by atoms with van der Waals surface area (Å²) in [5.41, 5.74) is 1.71. The molecule has 0 atom stereocenters. The van der Waals surface area contributed by atoms with Gasteiger partial charge in [-0.1, -0.05) is 30.3 Å². The van der Waals surface area contributed by atoms with E-state index in [1.165, 1.54) is 5.56 Å². The predicted octanol–water partition coefficient (Wildman–Crippen LogP) is 2.32. The van der Waals surface area contributed by atoms with Gasteiger partial charge >= 0.3 is 0 Å². The number of carbonyl (C=O) groups is 1. The molecule has 0 amide bonds. The standard InChI is InChI=1S/C14H15N3O/c1-2-17(10-12-6-4-3-5-7-12)14-15-8-13(11-18)9-16-14/h3-9,11H,2,10H2,1H3. The summed E-state index contributed by atoms with van der Waals surface area (Å²) in [5, 5.41) is 0. The molecule has 0 aliphatic rings. The zero-order chi connectivity index (χ0) is 12.8. The fourth-order valence-corrected chi connectivity index (χ4v) is 1.68. The van der Waals surface area contributed by atoms with E-state index < -0.39 is 0 Å². The first-order chi connectivity index (χ1) is 8.83. The lowest BCUT2D eigenvalue weighted by Crippen LogP contribution is -2.24. The van der Waals surface area contributed by atoms with E-state index in [4.69, 9.17) is 0 Å². The van der Waals surface area contributed by atoms with Crippen LogP contribution in [0, 0.1) is 0 Å². The van der Waals surface area contributed by atoms with Crippen LogP contribution in [-0.4, -0.2) is 22.8 Å². The Hall–Kier alpha value is -2.23. The first kappa shape index (κ1) is 12.2. The van der Waals surface area contributed by atoms with Crippen LogP contribution in [0.2, 0.25) is 0 Å². The van der Waals surface area contributed by atoms with Crippen LogP contribution in [-0.2, 0) is 6.54 Å². The van der Waals surface area contributed by atoms with Gasteiger partial charge in [-0.25, -0.2) is 9.97 Å². The van der Waals surface area contributed by atoms with E-state index in [0.29, 0.717) is 11.5 Å². The number of aromatic nitrogens is 2. The van der Waals surface area contributed by atoms with Crippen LogP contribution in [0.15, 0.2) is 42.7 Å². The number of rotatable bonds is 5. The maximum atomic E-state index is 10.6. The molecule has 0 N–H and O–H groups in total. The van der Waals surface area contributed by atoms with E-state index in [1.54, 1.807) is 12.4 Å². The van der Waals surface area contributed by atoms with Crippen LogP contribution in [0.25, 0.3) is 0 Å². The van der Waals surface area contributed by atoms with Crippen molar-refractivity contribution in [3.63, 3.8) is 0 Å². The molecule has 18 heavy (non-hydrogen) atoms. The zero-order valence-electron chi connectivity index (χ0n) is 10.3. The van der Waals surface area contributed by atoms with Crippen LogP contribution in [0.4, 0.5) is 5.95 Å². The molecule has 0 saturated carbocycles. The van der Waals surface area contributed by atoms with Gasteiger partial charge in [-0.3, -0.25) is 4.79 Å². The van der Waals surface area contributed by atoms with Crippen LogP contribution in [0.5, 0.6) is 0 Å². The third-order valence-electron chi connectivity index (χ3n) is 2.68. The van der Waals surface area contributed by atoms with Crippen molar-refractivity contribution in [3.05, 3.63) is 53.9 Å². The summed E-state index contributed by atoms with van der Waals surface area (Å²) >= 11 is 0. The lowest BCUT2D eigenvalue weighted by Gasteiger charge is -2.20. The number of aldehydes is 1. The van der Waals surface area contributed by atoms with Crippen molar-refractivity contribution in [3.8, 4) is 0 Å². The van der Waals surface area contributed by atoms with Gasteiger partial charge < -0.3 is 4.90 Å². The van der Waals surface area contributed by atoms with Crippen molar-refractivity contribution >= 4 is 12.2 Å². The lowest BCUT2D eigenvalue weighted by molar-refractivity contribution is 0.112. The van der Waals surface area contributed by atoms with E-state index in [-0.39, 0.29) is 0 Å². The van der Waals surface area contributed by atoms with E-state index >= 15 is 0 Å². The Balaban J connectivity index is 2.15. The Morgan fingerprint density at radius 2 is 1.83 bits per heavy atom. The summed E-state index contributed by atoms with van der Waals surface area (Å²) in [7, 11) is 0. The summed E-state index contributed by atoms with van der Waals surface area (Å²) in [6, 6.07) is 10.2. The van der Waals surface area contributed by atoms with Gasteiger partial charge in [0.1, 0.15) is 0 Å². The molecule has 0 fully saturated rings. The highest BCUT2D eigenvalue weighted by molar-refractivity contribution is 5.73. The van der Waals surface area contributed by atoms with Gasteiger partial charge in [0.25, 0.3) is 0 Å². The minimum absolute atomic E-state index is 0.495. The van der Waals surface area contributed by atoms with E-state index in [0.717, 1.165) is 19.4 Å². The number of nitrogens with zero attached hydrogens (tertiary/aromatic N) is 3. The van der Waals surface area contributed by atoms with Crippen molar-refractivity contribution in [1.29, 1.82) is 0 Å². The van der Waals surface area contributed by atoms with Crippen LogP contribution >= 0.6 is 0 Å². The molecule has 2 rings (SSSR count). The SMILES string of the molecule is CCN(Cc1ccccc1)c1ncc(C=O)cn1. The molecule has 0 unspecified atom stereocenters. The molecule has 92 valence electrons. The zero-order valence-corrected chi connectivity index (χ0v) is 10.3. The summed E-state index contributed by atoms with van der Waals surface area (Å²) in [4.78, 5) is 21.0. The smallest absolute Gasteiger partial charge is 0.225 e. The fourth-order valence-electron chi connectivity index (χ4n) is 1.68. The molecule has 0 spiro atoms. The summed E-state index contributed by atoms with van der Waals surface area (Å²) in [5.74, 6) is 0.645. The first-order valence-electron chi connectivity index (χ1n) is 5.89. The monoisotopic (exact) mass is 241 g/mol. The quantitative estimate of drug-likeness (QED) is 0.754. The molecule has 2 aromatic rings. The van der Waals surface area contributed by atoms with Crippen molar-refractivity contribution in [2.24, 2.45) is 0 Å². The van der Waals surface area contributed by atoms with Gasteiger partial charge in [0.2, 0.25) is 5.95 Å². The van der Waals surface area contributed by atoms with Crippen molar-refractivity contribution in [2.75, 3.05) is 11.4 Å². The number of anilines is 1. The van der Waals surface area contributed by atoms with Gasteiger partial charge in [0.05, 0.1) is 5.56 Å². The van der Waals surface area contributed by atoms with Gasteiger partial charge in [-0.05, 0) is 12.5 Å². The number of benzene rings is 1. The second-order valence-corrected chi connectivity index (χ2v) is 3.93. The van der Waals surface area contributed by atoms with E-state index in [1.807, 2.05) is 18.2 Å². The Kier molecular flexibility index (Phi) is 4.02. The molecular weight excluding hydrogens is 226 g/mol. The fraction of sp³-hybridized carbons (Fsp3) is 0.214. The maximum absolute atomic E-state index is 10.6. The van der Waals surface area contributed by atoms with Crippen LogP contribution in [0.3, 0.4) is 0 Å². The molecule has 0 radical (unpaired) electrons. The second kappa shape index (κ2) is 5.91. The largest absolute Gasteiger partial charge is 0.337 e. The molecule has 0 aliphatic carbocycles. The van der Waals surface area contributed by atoms with Gasteiger partial charge in [-0.15, -0.1) is 0 Å². The predicted molar refractivity (Wildman–Crippen MR) is 70.6 cm³/mol. The van der Waals surface area contributed by atoms with Gasteiger partial charge in [0, 0.05) is 25.5 Å².